The number of carbonyl (C=O) groups is 1. The molecule has 1 aliphatic rings. The first-order valence-corrected chi connectivity index (χ1v) is 10.1. The molecule has 2 rings (SSSR count). The maximum atomic E-state index is 12.0. The topological polar surface area (TPSA) is 75.7 Å². The second kappa shape index (κ2) is 7.98. The van der Waals surface area contributed by atoms with Crippen LogP contribution in [0, 0.1) is 13.8 Å². The van der Waals surface area contributed by atoms with Crippen molar-refractivity contribution >= 4 is 15.9 Å². The van der Waals surface area contributed by atoms with Gasteiger partial charge in [0.25, 0.3) is 0 Å². The Morgan fingerprint density at radius 2 is 1.96 bits per heavy atom. The van der Waals surface area contributed by atoms with E-state index in [9.17, 15) is 13.2 Å². The van der Waals surface area contributed by atoms with Gasteiger partial charge in [-0.05, 0) is 43.9 Å². The van der Waals surface area contributed by atoms with Crippen molar-refractivity contribution in [2.45, 2.75) is 39.2 Å². The van der Waals surface area contributed by atoms with Gasteiger partial charge in [-0.1, -0.05) is 12.1 Å². The van der Waals surface area contributed by atoms with Gasteiger partial charge < -0.3 is 10.1 Å². The lowest BCUT2D eigenvalue weighted by atomic mass is 10.1. The van der Waals surface area contributed by atoms with Crippen LogP contribution in [0.4, 0.5) is 0 Å². The Morgan fingerprint density at radius 3 is 2.58 bits per heavy atom. The van der Waals surface area contributed by atoms with Crippen LogP contribution in [0.3, 0.4) is 0 Å². The molecule has 6 nitrogen and oxygen atoms in total. The van der Waals surface area contributed by atoms with Gasteiger partial charge in [0.15, 0.2) is 0 Å². The number of aryl methyl sites for hydroxylation is 1. The van der Waals surface area contributed by atoms with E-state index < -0.39 is 10.0 Å². The molecule has 1 saturated heterocycles. The summed E-state index contributed by atoms with van der Waals surface area (Å²) in [6.45, 7) is 5.28. The summed E-state index contributed by atoms with van der Waals surface area (Å²) in [6, 6.07) is 5.91. The summed E-state index contributed by atoms with van der Waals surface area (Å²) in [5.74, 6) is 0.752. The zero-order valence-corrected chi connectivity index (χ0v) is 15.4. The Morgan fingerprint density at radius 1 is 1.29 bits per heavy atom. The van der Waals surface area contributed by atoms with Gasteiger partial charge in [-0.25, -0.2) is 12.7 Å². The van der Waals surface area contributed by atoms with Gasteiger partial charge in [0.1, 0.15) is 5.75 Å². The second-order valence-corrected chi connectivity index (χ2v) is 8.28. The highest BCUT2D eigenvalue weighted by Crippen LogP contribution is 2.20. The van der Waals surface area contributed by atoms with Crippen LogP contribution in [0.1, 0.15) is 30.4 Å². The lowest BCUT2D eigenvalue weighted by molar-refractivity contribution is -0.122. The Labute approximate surface area is 144 Å². The molecule has 0 aliphatic carbocycles. The first kappa shape index (κ1) is 18.7. The van der Waals surface area contributed by atoms with E-state index in [1.807, 2.05) is 32.0 Å². The molecule has 1 aromatic carbocycles. The van der Waals surface area contributed by atoms with E-state index in [1.165, 1.54) is 10.6 Å². The van der Waals surface area contributed by atoms with Gasteiger partial charge in [0.2, 0.25) is 15.9 Å². The second-order valence-electron chi connectivity index (χ2n) is 6.30. The number of nitrogens with zero attached hydrogens (tertiary/aromatic N) is 1. The molecule has 1 fully saturated rings. The highest BCUT2D eigenvalue weighted by atomic mass is 32.2. The number of rotatable bonds is 6. The number of piperidine rings is 1. The van der Waals surface area contributed by atoms with E-state index in [0.29, 0.717) is 39.0 Å². The molecule has 1 amide bonds. The van der Waals surface area contributed by atoms with Crippen molar-refractivity contribution in [1.82, 2.24) is 9.62 Å². The molecule has 134 valence electrons. The van der Waals surface area contributed by atoms with Crippen LogP contribution in [-0.2, 0) is 14.8 Å². The Kier molecular flexibility index (Phi) is 6.23. The molecule has 1 aromatic rings. The molecule has 0 bridgehead atoms. The molecule has 1 aliphatic heterocycles. The smallest absolute Gasteiger partial charge is 0.223 e. The quantitative estimate of drug-likeness (QED) is 0.842. The monoisotopic (exact) mass is 354 g/mol. The summed E-state index contributed by atoms with van der Waals surface area (Å²) in [6.07, 6.45) is 2.81. The molecule has 0 saturated carbocycles. The number of ether oxygens (including phenoxy) is 1. The van der Waals surface area contributed by atoms with Crippen LogP contribution in [0.15, 0.2) is 18.2 Å². The van der Waals surface area contributed by atoms with Crippen molar-refractivity contribution in [3.05, 3.63) is 29.3 Å². The summed E-state index contributed by atoms with van der Waals surface area (Å²) >= 11 is 0. The van der Waals surface area contributed by atoms with Crippen molar-refractivity contribution in [2.24, 2.45) is 0 Å². The zero-order valence-electron chi connectivity index (χ0n) is 14.5. The predicted octanol–water partition coefficient (Wildman–Crippen LogP) is 1.61. The van der Waals surface area contributed by atoms with Gasteiger partial charge in [0.05, 0.1) is 19.3 Å². The van der Waals surface area contributed by atoms with Crippen molar-refractivity contribution in [3.63, 3.8) is 0 Å². The molecule has 0 aromatic heterocycles. The number of nitrogens with one attached hydrogen (secondary N) is 1. The van der Waals surface area contributed by atoms with Crippen LogP contribution in [-0.4, -0.2) is 50.6 Å². The Balaban J connectivity index is 1.72. The standard InChI is InChI=1S/C17H26N2O4S/c1-13-5-4-6-16(14(13)2)23-12-9-17(20)18-15-7-10-19(11-8-15)24(3,21)22/h4-6,15H,7-12H2,1-3H3,(H,18,20). The van der Waals surface area contributed by atoms with E-state index in [-0.39, 0.29) is 11.9 Å². The van der Waals surface area contributed by atoms with Crippen molar-refractivity contribution < 1.29 is 17.9 Å². The summed E-state index contributed by atoms with van der Waals surface area (Å²) in [7, 11) is -3.13. The average Bonchev–Trinajstić information content (AvgIpc) is 2.51. The fourth-order valence-electron chi connectivity index (χ4n) is 2.77. The minimum Gasteiger partial charge on any atom is -0.493 e. The molecular formula is C17H26N2O4S. The van der Waals surface area contributed by atoms with Gasteiger partial charge in [-0.3, -0.25) is 4.79 Å². The third-order valence-corrected chi connectivity index (χ3v) is 5.73. The zero-order chi connectivity index (χ0) is 17.7. The predicted molar refractivity (Wildman–Crippen MR) is 93.6 cm³/mol. The van der Waals surface area contributed by atoms with E-state index >= 15 is 0 Å². The molecule has 0 radical (unpaired) electrons. The molecule has 0 unspecified atom stereocenters. The van der Waals surface area contributed by atoms with Crippen LogP contribution >= 0.6 is 0 Å². The fraction of sp³-hybridized carbons (Fsp3) is 0.588. The van der Waals surface area contributed by atoms with Crippen molar-refractivity contribution in [2.75, 3.05) is 26.0 Å². The minimum atomic E-state index is -3.13. The van der Waals surface area contributed by atoms with Crippen molar-refractivity contribution in [1.29, 1.82) is 0 Å². The number of carbonyl (C=O) groups excluding carboxylic acids is 1. The number of hydrogen-bond donors (Lipinski definition) is 1. The number of sulfonamides is 1. The number of hydrogen-bond acceptors (Lipinski definition) is 4. The molecule has 1 N–H and O–H groups in total. The highest BCUT2D eigenvalue weighted by molar-refractivity contribution is 7.88. The van der Waals surface area contributed by atoms with Crippen LogP contribution < -0.4 is 10.1 Å². The molecule has 7 heteroatoms. The first-order chi connectivity index (χ1) is 11.3. The maximum absolute atomic E-state index is 12.0. The van der Waals surface area contributed by atoms with E-state index in [0.717, 1.165) is 16.9 Å². The van der Waals surface area contributed by atoms with Crippen molar-refractivity contribution in [3.8, 4) is 5.75 Å². The van der Waals surface area contributed by atoms with E-state index in [2.05, 4.69) is 5.32 Å². The fourth-order valence-corrected chi connectivity index (χ4v) is 3.64. The molecule has 0 spiro atoms. The Bertz CT molecular complexity index is 680. The van der Waals surface area contributed by atoms with Crippen LogP contribution in [0.5, 0.6) is 5.75 Å². The van der Waals surface area contributed by atoms with Gasteiger partial charge in [0, 0.05) is 19.1 Å². The molecule has 0 atom stereocenters. The first-order valence-electron chi connectivity index (χ1n) is 8.21. The van der Waals surface area contributed by atoms with Gasteiger partial charge >= 0.3 is 0 Å². The normalized spacial score (nSPS) is 16.8. The molecule has 1 heterocycles. The average molecular weight is 354 g/mol. The largest absolute Gasteiger partial charge is 0.493 e. The number of amides is 1. The molecular weight excluding hydrogens is 328 g/mol. The third kappa shape index (κ3) is 5.21. The third-order valence-electron chi connectivity index (χ3n) is 4.43. The summed E-state index contributed by atoms with van der Waals surface area (Å²) < 4.78 is 30.1. The lowest BCUT2D eigenvalue weighted by Crippen LogP contribution is -2.46. The SMILES string of the molecule is Cc1cccc(OCCC(=O)NC2CCN(S(C)(=O)=O)CC2)c1C. The lowest BCUT2D eigenvalue weighted by Gasteiger charge is -2.30. The Hall–Kier alpha value is -1.60. The van der Waals surface area contributed by atoms with Crippen LogP contribution in [0.2, 0.25) is 0 Å². The number of benzene rings is 1. The van der Waals surface area contributed by atoms with Gasteiger partial charge in [-0.2, -0.15) is 0 Å². The summed E-state index contributed by atoms with van der Waals surface area (Å²) in [5, 5.41) is 2.96. The van der Waals surface area contributed by atoms with Gasteiger partial charge in [-0.15, -0.1) is 0 Å². The van der Waals surface area contributed by atoms with E-state index in [1.54, 1.807) is 0 Å². The molecule has 24 heavy (non-hydrogen) atoms. The van der Waals surface area contributed by atoms with E-state index in [4.69, 9.17) is 4.74 Å². The minimum absolute atomic E-state index is 0.0382. The summed E-state index contributed by atoms with van der Waals surface area (Å²) in [5.41, 5.74) is 2.25. The maximum Gasteiger partial charge on any atom is 0.223 e. The van der Waals surface area contributed by atoms with Crippen LogP contribution in [0.25, 0.3) is 0 Å². The highest BCUT2D eigenvalue weighted by Gasteiger charge is 2.25. The summed E-state index contributed by atoms with van der Waals surface area (Å²) in [4.78, 5) is 12.0.